The third-order valence-electron chi connectivity index (χ3n) is 9.45. The number of amides is 4. The molecule has 3 aromatic rings. The molecule has 0 spiro atoms. The fourth-order valence-corrected chi connectivity index (χ4v) is 7.54. The molecule has 4 atom stereocenters. The zero-order valence-electron chi connectivity index (χ0n) is 31.5. The lowest BCUT2D eigenvalue weighted by Gasteiger charge is -2.35. The Morgan fingerprint density at radius 3 is 2.42 bits per heavy atom. The number of primary amides is 1. The average Bonchev–Trinajstić information content (AvgIpc) is 3.71. The molecule has 2 heterocycles. The lowest BCUT2D eigenvalue weighted by molar-refractivity contribution is -0.144. The minimum Gasteiger partial charge on any atom is -0.494 e. The molecule has 4 amide bonds. The first-order valence-corrected chi connectivity index (χ1v) is 19.7. The number of nitrogens with zero attached hydrogens (tertiary/aromatic N) is 2. The zero-order chi connectivity index (χ0) is 38.7. The highest BCUT2D eigenvalue weighted by molar-refractivity contribution is 7.13. The number of carbonyl (C=O) groups excluding carboxylic acids is 4. The third kappa shape index (κ3) is 12.5. The number of carbonyl (C=O) groups is 4. The molecule has 0 bridgehead atoms. The molecular weight excluding hydrogens is 714 g/mol. The molecule has 53 heavy (non-hydrogen) atoms. The highest BCUT2D eigenvalue weighted by atomic mass is 35.5. The maximum Gasteiger partial charge on any atom is 0.246 e. The van der Waals surface area contributed by atoms with Gasteiger partial charge >= 0.3 is 0 Å². The van der Waals surface area contributed by atoms with Gasteiger partial charge in [-0.05, 0) is 86.3 Å². The SMILES string of the molecule is Cc1ncsc1-c1ccc([C@H](C)NC(=O)[C@@H]2C[C@@H](O)CN2C(=O)[C@@H](NC(=O)CCCCCc2cc(Cl)cc(OCCCCC(N)=O)c2)C(C)(C)C)cc1. The highest BCUT2D eigenvalue weighted by Crippen LogP contribution is 2.30. The summed E-state index contributed by atoms with van der Waals surface area (Å²) in [6.45, 7) is 9.97. The molecule has 1 aliphatic heterocycles. The number of hydrogen-bond acceptors (Lipinski definition) is 8. The van der Waals surface area contributed by atoms with E-state index in [-0.39, 0.29) is 49.1 Å². The number of halogens is 1. The Kier molecular flexibility index (Phi) is 15.3. The van der Waals surface area contributed by atoms with Crippen LogP contribution in [0.4, 0.5) is 0 Å². The molecule has 11 nitrogen and oxygen atoms in total. The monoisotopic (exact) mass is 767 g/mol. The van der Waals surface area contributed by atoms with Gasteiger partial charge in [-0.1, -0.05) is 63.1 Å². The van der Waals surface area contributed by atoms with Crippen LogP contribution >= 0.6 is 22.9 Å². The number of aliphatic hydroxyl groups excluding tert-OH is 1. The first kappa shape index (κ1) is 41.8. The first-order valence-electron chi connectivity index (χ1n) is 18.4. The predicted octanol–water partition coefficient (Wildman–Crippen LogP) is 6.28. The van der Waals surface area contributed by atoms with E-state index in [0.717, 1.165) is 46.5 Å². The van der Waals surface area contributed by atoms with E-state index < -0.39 is 23.6 Å². The molecule has 5 N–H and O–H groups in total. The standard InChI is InChI=1S/C40H54ClN5O6S/c1-25(28-14-16-29(17-15-28)36-26(2)43-24-53-36)44-38(50)33-22-31(47)23-46(33)39(51)37(40(3,4)5)45-35(49)13-8-6-7-11-27-19-30(41)21-32(20-27)52-18-10-9-12-34(42)48/h14-17,19-21,24-25,31,33,37,47H,6-13,18,22-23H2,1-5H3,(H2,42,48)(H,44,50)(H,45,49)/t25-,31+,33-,37+/m0/s1. The summed E-state index contributed by atoms with van der Waals surface area (Å²) < 4.78 is 5.81. The van der Waals surface area contributed by atoms with Gasteiger partial charge in [0.15, 0.2) is 0 Å². The number of aliphatic hydroxyl groups is 1. The molecule has 1 aromatic heterocycles. The number of thiazole rings is 1. The fraction of sp³-hybridized carbons (Fsp3) is 0.525. The molecule has 0 aliphatic carbocycles. The molecule has 0 unspecified atom stereocenters. The van der Waals surface area contributed by atoms with Crippen molar-refractivity contribution in [3.8, 4) is 16.2 Å². The van der Waals surface area contributed by atoms with Crippen LogP contribution in [0.15, 0.2) is 48.0 Å². The van der Waals surface area contributed by atoms with Crippen LogP contribution in [0.3, 0.4) is 0 Å². The summed E-state index contributed by atoms with van der Waals surface area (Å²) in [5.41, 5.74) is 10.3. The Morgan fingerprint density at radius 1 is 1.04 bits per heavy atom. The van der Waals surface area contributed by atoms with Crippen LogP contribution < -0.4 is 21.1 Å². The van der Waals surface area contributed by atoms with Gasteiger partial charge in [-0.25, -0.2) is 4.98 Å². The molecule has 13 heteroatoms. The molecule has 1 saturated heterocycles. The van der Waals surface area contributed by atoms with E-state index in [1.807, 2.05) is 76.5 Å². The van der Waals surface area contributed by atoms with E-state index in [0.29, 0.717) is 43.1 Å². The van der Waals surface area contributed by atoms with Gasteiger partial charge in [0.05, 0.1) is 34.8 Å². The molecule has 2 aromatic carbocycles. The Labute approximate surface area is 322 Å². The number of benzene rings is 2. The van der Waals surface area contributed by atoms with Crippen molar-refractivity contribution in [3.63, 3.8) is 0 Å². The van der Waals surface area contributed by atoms with Crippen LogP contribution in [0, 0.1) is 12.3 Å². The number of ether oxygens (including phenoxy) is 1. The maximum atomic E-state index is 14.0. The second-order valence-electron chi connectivity index (χ2n) is 15.0. The normalized spacial score (nSPS) is 16.9. The largest absolute Gasteiger partial charge is 0.494 e. The maximum absolute atomic E-state index is 14.0. The van der Waals surface area contributed by atoms with Crippen molar-refractivity contribution < 1.29 is 29.0 Å². The summed E-state index contributed by atoms with van der Waals surface area (Å²) in [6, 6.07) is 11.5. The van der Waals surface area contributed by atoms with Gasteiger partial charge in [0.2, 0.25) is 23.6 Å². The van der Waals surface area contributed by atoms with Gasteiger partial charge < -0.3 is 31.1 Å². The smallest absolute Gasteiger partial charge is 0.246 e. The number of aryl methyl sites for hydroxylation is 2. The van der Waals surface area contributed by atoms with E-state index in [1.54, 1.807) is 17.4 Å². The Hall–Kier alpha value is -4.00. The number of nitrogens with one attached hydrogen (secondary N) is 2. The van der Waals surface area contributed by atoms with E-state index in [1.165, 1.54) is 4.90 Å². The molecule has 288 valence electrons. The number of β-amino-alcohol motifs (C(OH)–C–C–N with tert-alkyl or cyclic N) is 1. The Bertz CT molecular complexity index is 1710. The van der Waals surface area contributed by atoms with Crippen LogP contribution in [0.5, 0.6) is 5.75 Å². The van der Waals surface area contributed by atoms with Gasteiger partial charge in [0.25, 0.3) is 0 Å². The van der Waals surface area contributed by atoms with Gasteiger partial charge in [0.1, 0.15) is 17.8 Å². The summed E-state index contributed by atoms with van der Waals surface area (Å²) >= 11 is 7.89. The molecule has 4 rings (SSSR count). The number of unbranched alkanes of at least 4 members (excludes halogenated alkanes) is 3. The Morgan fingerprint density at radius 2 is 1.75 bits per heavy atom. The molecule has 0 radical (unpaired) electrons. The Balaban J connectivity index is 1.27. The van der Waals surface area contributed by atoms with Crippen LogP contribution in [0.25, 0.3) is 10.4 Å². The number of nitrogens with two attached hydrogens (primary N) is 1. The predicted molar refractivity (Wildman–Crippen MR) is 209 cm³/mol. The molecule has 1 aliphatic rings. The second-order valence-corrected chi connectivity index (χ2v) is 16.3. The lowest BCUT2D eigenvalue weighted by Crippen LogP contribution is -2.57. The topological polar surface area (TPSA) is 164 Å². The van der Waals surface area contributed by atoms with Crippen molar-refractivity contribution in [2.45, 2.75) is 117 Å². The van der Waals surface area contributed by atoms with E-state index in [2.05, 4.69) is 15.6 Å². The van der Waals surface area contributed by atoms with Gasteiger partial charge in [-0.15, -0.1) is 11.3 Å². The van der Waals surface area contributed by atoms with E-state index >= 15 is 0 Å². The minimum absolute atomic E-state index is 0.0161. The number of likely N-dealkylation sites (tertiary alicyclic amines) is 1. The lowest BCUT2D eigenvalue weighted by atomic mass is 9.85. The number of rotatable bonds is 18. The van der Waals surface area contributed by atoms with Crippen LogP contribution in [0.2, 0.25) is 5.02 Å². The van der Waals surface area contributed by atoms with Crippen molar-refractivity contribution in [1.29, 1.82) is 0 Å². The first-order chi connectivity index (χ1) is 25.1. The van der Waals surface area contributed by atoms with Crippen molar-refractivity contribution >= 4 is 46.6 Å². The van der Waals surface area contributed by atoms with Gasteiger partial charge in [0, 0.05) is 30.8 Å². The van der Waals surface area contributed by atoms with Crippen LogP contribution in [0.1, 0.15) is 102 Å². The third-order valence-corrected chi connectivity index (χ3v) is 10.6. The fourth-order valence-electron chi connectivity index (χ4n) is 6.48. The van der Waals surface area contributed by atoms with E-state index in [4.69, 9.17) is 22.1 Å². The minimum atomic E-state index is -0.878. The number of hydrogen-bond donors (Lipinski definition) is 4. The summed E-state index contributed by atoms with van der Waals surface area (Å²) in [7, 11) is 0. The number of aromatic nitrogens is 1. The van der Waals surface area contributed by atoms with Crippen molar-refractivity contribution in [1.82, 2.24) is 20.5 Å². The highest BCUT2D eigenvalue weighted by Gasteiger charge is 2.44. The molecular formula is C40H54ClN5O6S. The average molecular weight is 768 g/mol. The summed E-state index contributed by atoms with van der Waals surface area (Å²) in [6.07, 6.45) is 4.28. The van der Waals surface area contributed by atoms with Gasteiger partial charge in [-0.3, -0.25) is 19.2 Å². The second kappa shape index (κ2) is 19.4. The van der Waals surface area contributed by atoms with E-state index in [9.17, 15) is 24.3 Å². The summed E-state index contributed by atoms with van der Waals surface area (Å²) in [5, 5.41) is 17.2. The molecule has 1 fully saturated rings. The van der Waals surface area contributed by atoms with Crippen LogP contribution in [-0.2, 0) is 25.6 Å². The van der Waals surface area contributed by atoms with Crippen molar-refractivity contribution in [3.05, 3.63) is 69.8 Å². The van der Waals surface area contributed by atoms with Gasteiger partial charge in [-0.2, -0.15) is 0 Å². The van der Waals surface area contributed by atoms with Crippen molar-refractivity contribution in [2.75, 3.05) is 13.2 Å². The zero-order valence-corrected chi connectivity index (χ0v) is 33.0. The molecule has 0 saturated carbocycles. The quantitative estimate of drug-likeness (QED) is 0.111. The van der Waals surface area contributed by atoms with Crippen molar-refractivity contribution in [2.24, 2.45) is 11.1 Å². The van der Waals surface area contributed by atoms with Crippen LogP contribution in [-0.4, -0.2) is 70.0 Å². The summed E-state index contributed by atoms with van der Waals surface area (Å²) in [5.74, 6) is -0.607. The summed E-state index contributed by atoms with van der Waals surface area (Å²) in [4.78, 5) is 58.5.